The Bertz CT molecular complexity index is 771. The van der Waals surface area contributed by atoms with Gasteiger partial charge < -0.3 is 10.6 Å². The molecular weight excluding hydrogens is 279 g/mol. The maximum absolute atomic E-state index is 13.0. The molecule has 4 nitrogen and oxygen atoms in total. The summed E-state index contributed by atoms with van der Waals surface area (Å²) in [4.78, 5) is 9.03. The Morgan fingerprint density at radius 1 is 1.00 bits per heavy atom. The van der Waals surface area contributed by atoms with E-state index < -0.39 is 0 Å². The van der Waals surface area contributed by atoms with E-state index in [1.807, 2.05) is 24.3 Å². The highest BCUT2D eigenvalue weighted by Crippen LogP contribution is 2.23. The van der Waals surface area contributed by atoms with E-state index in [0.717, 1.165) is 35.4 Å². The number of fused-ring (bicyclic) bond motifs is 1. The standard InChI is InChI=1S/C17H17FN4/c1-2-11-19-16-14-5-3-4-6-15(14)21-17(22-16)20-13-9-7-12(18)8-10-13/h3-10H,2,11H2,1H3,(H2,19,20,21,22). The molecule has 0 fully saturated rings. The highest BCUT2D eigenvalue weighted by Gasteiger charge is 2.07. The van der Waals surface area contributed by atoms with Gasteiger partial charge in [0.1, 0.15) is 11.6 Å². The van der Waals surface area contributed by atoms with E-state index in [1.165, 1.54) is 12.1 Å². The number of aromatic nitrogens is 2. The van der Waals surface area contributed by atoms with Gasteiger partial charge in [-0.2, -0.15) is 4.98 Å². The average molecular weight is 296 g/mol. The monoisotopic (exact) mass is 296 g/mol. The van der Waals surface area contributed by atoms with Crippen LogP contribution in [0, 0.1) is 5.82 Å². The normalized spacial score (nSPS) is 10.6. The van der Waals surface area contributed by atoms with Crippen LogP contribution in [0.5, 0.6) is 0 Å². The van der Waals surface area contributed by atoms with Crippen LogP contribution in [0.1, 0.15) is 13.3 Å². The molecule has 0 spiro atoms. The molecule has 0 unspecified atom stereocenters. The van der Waals surface area contributed by atoms with Gasteiger partial charge in [0.05, 0.1) is 5.52 Å². The van der Waals surface area contributed by atoms with E-state index >= 15 is 0 Å². The van der Waals surface area contributed by atoms with E-state index in [-0.39, 0.29) is 5.82 Å². The molecule has 1 aromatic heterocycles. The first-order valence-corrected chi connectivity index (χ1v) is 7.29. The summed E-state index contributed by atoms with van der Waals surface area (Å²) in [5.41, 5.74) is 1.61. The Balaban J connectivity index is 1.96. The summed E-state index contributed by atoms with van der Waals surface area (Å²) in [6.07, 6.45) is 1.01. The smallest absolute Gasteiger partial charge is 0.229 e. The van der Waals surface area contributed by atoms with Gasteiger partial charge in [-0.05, 0) is 42.8 Å². The highest BCUT2D eigenvalue weighted by atomic mass is 19.1. The van der Waals surface area contributed by atoms with Crippen molar-refractivity contribution in [3.63, 3.8) is 0 Å². The van der Waals surface area contributed by atoms with E-state index in [4.69, 9.17) is 0 Å². The topological polar surface area (TPSA) is 49.8 Å². The predicted molar refractivity (Wildman–Crippen MR) is 88.0 cm³/mol. The van der Waals surface area contributed by atoms with Gasteiger partial charge in [0.25, 0.3) is 0 Å². The molecular formula is C17H17FN4. The van der Waals surface area contributed by atoms with Crippen LogP contribution in [0.2, 0.25) is 0 Å². The molecule has 3 rings (SSSR count). The summed E-state index contributed by atoms with van der Waals surface area (Å²) in [6, 6.07) is 14.0. The van der Waals surface area contributed by atoms with Gasteiger partial charge >= 0.3 is 0 Å². The number of rotatable bonds is 5. The first-order valence-electron chi connectivity index (χ1n) is 7.29. The zero-order chi connectivity index (χ0) is 15.4. The van der Waals surface area contributed by atoms with E-state index in [9.17, 15) is 4.39 Å². The van der Waals surface area contributed by atoms with Gasteiger partial charge in [-0.25, -0.2) is 9.37 Å². The van der Waals surface area contributed by atoms with Gasteiger partial charge in [-0.1, -0.05) is 19.1 Å². The predicted octanol–water partition coefficient (Wildman–Crippen LogP) is 4.33. The maximum atomic E-state index is 13.0. The largest absolute Gasteiger partial charge is 0.369 e. The van der Waals surface area contributed by atoms with E-state index in [1.54, 1.807) is 12.1 Å². The van der Waals surface area contributed by atoms with Crippen LogP contribution in [0.15, 0.2) is 48.5 Å². The highest BCUT2D eigenvalue weighted by molar-refractivity contribution is 5.90. The van der Waals surface area contributed by atoms with Crippen molar-refractivity contribution in [1.82, 2.24) is 9.97 Å². The number of hydrogen-bond acceptors (Lipinski definition) is 4. The molecule has 0 amide bonds. The fraction of sp³-hybridized carbons (Fsp3) is 0.176. The minimum absolute atomic E-state index is 0.268. The summed E-state index contributed by atoms with van der Waals surface area (Å²) in [5, 5.41) is 7.42. The second-order valence-electron chi connectivity index (χ2n) is 4.97. The van der Waals surface area contributed by atoms with Crippen molar-refractivity contribution >= 4 is 28.4 Å². The fourth-order valence-electron chi connectivity index (χ4n) is 2.17. The molecule has 0 bridgehead atoms. The van der Waals surface area contributed by atoms with Crippen LogP contribution in [0.4, 0.5) is 21.8 Å². The average Bonchev–Trinajstić information content (AvgIpc) is 2.55. The lowest BCUT2D eigenvalue weighted by Gasteiger charge is -2.11. The summed E-state index contributed by atoms with van der Waals surface area (Å²) < 4.78 is 13.0. The number of nitrogens with zero attached hydrogens (tertiary/aromatic N) is 2. The summed E-state index contributed by atoms with van der Waals surface area (Å²) in [7, 11) is 0. The molecule has 0 aliphatic heterocycles. The maximum Gasteiger partial charge on any atom is 0.229 e. The van der Waals surface area contributed by atoms with Crippen molar-refractivity contribution in [3.8, 4) is 0 Å². The van der Waals surface area contributed by atoms with Gasteiger partial charge in [0, 0.05) is 17.6 Å². The van der Waals surface area contributed by atoms with Crippen LogP contribution >= 0.6 is 0 Å². The number of halogens is 1. The molecule has 22 heavy (non-hydrogen) atoms. The molecule has 2 N–H and O–H groups in total. The second kappa shape index (κ2) is 6.39. The third-order valence-electron chi connectivity index (χ3n) is 3.25. The minimum atomic E-state index is -0.268. The summed E-state index contributed by atoms with van der Waals surface area (Å²) >= 11 is 0. The van der Waals surface area contributed by atoms with Gasteiger partial charge in [-0.15, -0.1) is 0 Å². The number of nitrogens with one attached hydrogen (secondary N) is 2. The number of para-hydroxylation sites is 1. The van der Waals surface area contributed by atoms with Crippen molar-refractivity contribution < 1.29 is 4.39 Å². The molecule has 0 atom stereocenters. The molecule has 0 aliphatic rings. The Hall–Kier alpha value is -2.69. The SMILES string of the molecule is CCCNc1nc(Nc2ccc(F)cc2)nc2ccccc12. The fourth-order valence-corrected chi connectivity index (χ4v) is 2.17. The zero-order valence-electron chi connectivity index (χ0n) is 12.3. The van der Waals surface area contributed by atoms with Gasteiger partial charge in [-0.3, -0.25) is 0 Å². The van der Waals surface area contributed by atoms with Crippen LogP contribution in [0.25, 0.3) is 10.9 Å². The Morgan fingerprint density at radius 3 is 2.55 bits per heavy atom. The molecule has 0 saturated heterocycles. The summed E-state index contributed by atoms with van der Waals surface area (Å²) in [5.74, 6) is 1.02. The Morgan fingerprint density at radius 2 is 1.77 bits per heavy atom. The van der Waals surface area contributed by atoms with Crippen LogP contribution in [0.3, 0.4) is 0 Å². The zero-order valence-corrected chi connectivity index (χ0v) is 12.3. The molecule has 0 radical (unpaired) electrons. The van der Waals surface area contributed by atoms with Crippen LogP contribution < -0.4 is 10.6 Å². The van der Waals surface area contributed by atoms with Crippen molar-refractivity contribution in [3.05, 3.63) is 54.3 Å². The lowest BCUT2D eigenvalue weighted by Crippen LogP contribution is -2.06. The lowest BCUT2D eigenvalue weighted by atomic mass is 10.2. The van der Waals surface area contributed by atoms with Gasteiger partial charge in [0.15, 0.2) is 0 Å². The van der Waals surface area contributed by atoms with Crippen molar-refractivity contribution in [2.24, 2.45) is 0 Å². The lowest BCUT2D eigenvalue weighted by molar-refractivity contribution is 0.628. The second-order valence-corrected chi connectivity index (χ2v) is 4.97. The first kappa shape index (κ1) is 14.3. The van der Waals surface area contributed by atoms with E-state index in [0.29, 0.717) is 5.95 Å². The molecule has 0 saturated carbocycles. The molecule has 5 heteroatoms. The number of hydrogen-bond donors (Lipinski definition) is 2. The van der Waals surface area contributed by atoms with Crippen LogP contribution in [-0.4, -0.2) is 16.5 Å². The number of benzene rings is 2. The summed E-state index contributed by atoms with van der Waals surface area (Å²) in [6.45, 7) is 2.95. The molecule has 3 aromatic rings. The molecule has 112 valence electrons. The van der Waals surface area contributed by atoms with Gasteiger partial charge in [0.2, 0.25) is 5.95 Å². The van der Waals surface area contributed by atoms with Crippen LogP contribution in [-0.2, 0) is 0 Å². The first-order chi connectivity index (χ1) is 10.8. The van der Waals surface area contributed by atoms with Crippen molar-refractivity contribution in [2.75, 3.05) is 17.2 Å². The third-order valence-corrected chi connectivity index (χ3v) is 3.25. The van der Waals surface area contributed by atoms with Crippen molar-refractivity contribution in [2.45, 2.75) is 13.3 Å². The van der Waals surface area contributed by atoms with E-state index in [2.05, 4.69) is 27.5 Å². The molecule has 1 heterocycles. The molecule has 0 aliphatic carbocycles. The minimum Gasteiger partial charge on any atom is -0.369 e. The molecule has 2 aromatic carbocycles. The quantitative estimate of drug-likeness (QED) is 0.735. The van der Waals surface area contributed by atoms with Crippen molar-refractivity contribution in [1.29, 1.82) is 0 Å². The third kappa shape index (κ3) is 3.14. The number of anilines is 3. The Kier molecular flexibility index (Phi) is 4.14. The Labute approximate surface area is 128 Å².